The summed E-state index contributed by atoms with van der Waals surface area (Å²) >= 11 is 3.32. The highest BCUT2D eigenvalue weighted by atomic mass is 79.9. The number of benzene rings is 1. The van der Waals surface area contributed by atoms with Crippen molar-refractivity contribution in [3.63, 3.8) is 0 Å². The third kappa shape index (κ3) is 3.04. The molecule has 1 aliphatic rings. The number of halogens is 1. The summed E-state index contributed by atoms with van der Waals surface area (Å²) in [6.45, 7) is 2.56. The molecule has 2 aromatic rings. The number of phenolic OH excluding ortho intramolecular Hbond substituents is 1. The van der Waals surface area contributed by atoms with Gasteiger partial charge < -0.3 is 14.9 Å². The Morgan fingerprint density at radius 3 is 2.64 bits per heavy atom. The Bertz CT molecular complexity index is 672. The van der Waals surface area contributed by atoms with E-state index in [1.807, 2.05) is 0 Å². The molecule has 0 atom stereocenters. The Hall–Kier alpha value is -2.15. The molecule has 1 aliphatic heterocycles. The van der Waals surface area contributed by atoms with Crippen LogP contribution in [0.2, 0.25) is 0 Å². The second kappa shape index (κ2) is 6.31. The van der Waals surface area contributed by atoms with Gasteiger partial charge in [-0.15, -0.1) is 0 Å². The minimum absolute atomic E-state index is 0.00422. The lowest BCUT2D eigenvalue weighted by Gasteiger charge is -2.35. The van der Waals surface area contributed by atoms with Crippen molar-refractivity contribution >= 4 is 27.7 Å². The fraction of sp³-hybridized carbons (Fsp3) is 0.267. The van der Waals surface area contributed by atoms with Gasteiger partial charge in [-0.05, 0) is 18.2 Å². The van der Waals surface area contributed by atoms with Crippen molar-refractivity contribution in [2.75, 3.05) is 31.1 Å². The molecule has 6 nitrogen and oxygen atoms in total. The summed E-state index contributed by atoms with van der Waals surface area (Å²) in [4.78, 5) is 24.7. The predicted molar refractivity (Wildman–Crippen MR) is 86.0 cm³/mol. The van der Waals surface area contributed by atoms with E-state index in [2.05, 4.69) is 30.8 Å². The average Bonchev–Trinajstić information content (AvgIpc) is 2.57. The third-order valence-electron chi connectivity index (χ3n) is 3.63. The number of anilines is 1. The van der Waals surface area contributed by atoms with Crippen LogP contribution in [0.15, 0.2) is 41.3 Å². The van der Waals surface area contributed by atoms with Crippen molar-refractivity contribution in [1.29, 1.82) is 0 Å². The summed E-state index contributed by atoms with van der Waals surface area (Å²) in [7, 11) is 0. The van der Waals surface area contributed by atoms with E-state index in [0.29, 0.717) is 31.7 Å². The first-order valence-corrected chi connectivity index (χ1v) is 7.73. The summed E-state index contributed by atoms with van der Waals surface area (Å²) in [5.41, 5.74) is 0.322. The van der Waals surface area contributed by atoms with Crippen LogP contribution in [0.1, 0.15) is 10.4 Å². The maximum atomic E-state index is 12.5. The maximum absolute atomic E-state index is 12.5. The second-order valence-corrected chi connectivity index (χ2v) is 5.92. The Morgan fingerprint density at radius 1 is 1.18 bits per heavy atom. The number of carbonyl (C=O) groups excluding carboxylic acids is 1. The molecule has 22 heavy (non-hydrogen) atoms. The van der Waals surface area contributed by atoms with Gasteiger partial charge in [0.15, 0.2) is 0 Å². The number of aromatic nitrogens is 2. The third-order valence-corrected chi connectivity index (χ3v) is 4.12. The van der Waals surface area contributed by atoms with Gasteiger partial charge in [0.1, 0.15) is 11.6 Å². The fourth-order valence-corrected chi connectivity index (χ4v) is 2.80. The first-order valence-electron chi connectivity index (χ1n) is 6.94. The van der Waals surface area contributed by atoms with Crippen LogP contribution in [0.4, 0.5) is 5.82 Å². The monoisotopic (exact) mass is 362 g/mol. The highest BCUT2D eigenvalue weighted by Gasteiger charge is 2.24. The van der Waals surface area contributed by atoms with Crippen molar-refractivity contribution in [2.24, 2.45) is 0 Å². The summed E-state index contributed by atoms with van der Waals surface area (Å²) < 4.78 is 0.770. The van der Waals surface area contributed by atoms with Crippen molar-refractivity contribution in [3.8, 4) is 5.75 Å². The number of rotatable bonds is 2. The molecule has 114 valence electrons. The minimum Gasteiger partial charge on any atom is -0.507 e. The maximum Gasteiger partial charge on any atom is 0.257 e. The molecule has 0 radical (unpaired) electrons. The first kappa shape index (κ1) is 14.8. The molecule has 0 unspecified atom stereocenters. The average molecular weight is 363 g/mol. The van der Waals surface area contributed by atoms with Crippen LogP contribution in [-0.4, -0.2) is 52.1 Å². The Labute approximate surface area is 136 Å². The van der Waals surface area contributed by atoms with Gasteiger partial charge in [-0.3, -0.25) is 9.78 Å². The van der Waals surface area contributed by atoms with Crippen molar-refractivity contribution in [1.82, 2.24) is 14.9 Å². The van der Waals surface area contributed by atoms with Crippen molar-refractivity contribution in [2.45, 2.75) is 0 Å². The SMILES string of the molecule is O=C(c1cc(Br)ccc1O)N1CCN(c2cnccn2)CC1. The number of hydrogen-bond donors (Lipinski definition) is 1. The highest BCUT2D eigenvalue weighted by molar-refractivity contribution is 9.10. The van der Waals surface area contributed by atoms with E-state index in [4.69, 9.17) is 0 Å². The summed E-state index contributed by atoms with van der Waals surface area (Å²) in [5.74, 6) is 0.669. The van der Waals surface area contributed by atoms with Crippen molar-refractivity contribution in [3.05, 3.63) is 46.8 Å². The quantitative estimate of drug-likeness (QED) is 0.883. The molecule has 0 bridgehead atoms. The molecular formula is C15H15BrN4O2. The van der Waals surface area contributed by atoms with Gasteiger partial charge in [0.05, 0.1) is 11.8 Å². The molecule has 1 aromatic carbocycles. The molecule has 3 rings (SSSR count). The zero-order chi connectivity index (χ0) is 15.5. The zero-order valence-corrected chi connectivity index (χ0v) is 13.4. The van der Waals surface area contributed by atoms with Crippen LogP contribution in [-0.2, 0) is 0 Å². The number of amides is 1. The van der Waals surface area contributed by atoms with E-state index < -0.39 is 0 Å². The molecule has 1 N–H and O–H groups in total. The molecule has 1 saturated heterocycles. The number of carbonyl (C=O) groups is 1. The molecule has 7 heteroatoms. The van der Waals surface area contributed by atoms with E-state index in [-0.39, 0.29) is 11.7 Å². The van der Waals surface area contributed by atoms with E-state index >= 15 is 0 Å². The lowest BCUT2D eigenvalue weighted by Crippen LogP contribution is -2.49. The molecule has 1 amide bonds. The van der Waals surface area contributed by atoms with Gasteiger partial charge >= 0.3 is 0 Å². The molecular weight excluding hydrogens is 348 g/mol. The van der Waals surface area contributed by atoms with Gasteiger partial charge in [-0.1, -0.05) is 15.9 Å². The Morgan fingerprint density at radius 2 is 1.95 bits per heavy atom. The smallest absolute Gasteiger partial charge is 0.257 e. The van der Waals surface area contributed by atoms with Crippen LogP contribution in [0.3, 0.4) is 0 Å². The van der Waals surface area contributed by atoms with Gasteiger partial charge in [-0.2, -0.15) is 0 Å². The zero-order valence-electron chi connectivity index (χ0n) is 11.8. The standard InChI is InChI=1S/C15H15BrN4O2/c16-11-1-2-13(21)12(9-11)15(22)20-7-5-19(6-8-20)14-10-17-3-4-18-14/h1-4,9-10,21H,5-8H2. The molecule has 1 aromatic heterocycles. The Balaban J connectivity index is 1.68. The van der Waals surface area contributed by atoms with Crippen LogP contribution >= 0.6 is 15.9 Å². The normalized spacial score (nSPS) is 15.0. The molecule has 0 saturated carbocycles. The number of phenols is 1. The lowest BCUT2D eigenvalue weighted by atomic mass is 10.1. The van der Waals surface area contributed by atoms with E-state index in [0.717, 1.165) is 10.3 Å². The van der Waals surface area contributed by atoms with Crippen molar-refractivity contribution < 1.29 is 9.90 Å². The van der Waals surface area contributed by atoms with Crippen LogP contribution in [0.5, 0.6) is 5.75 Å². The second-order valence-electron chi connectivity index (χ2n) is 5.00. The van der Waals surface area contributed by atoms with Gasteiger partial charge in [0, 0.05) is 43.0 Å². The topological polar surface area (TPSA) is 69.6 Å². The molecule has 0 aliphatic carbocycles. The van der Waals surface area contributed by atoms with Gasteiger partial charge in [-0.25, -0.2) is 4.98 Å². The van der Waals surface area contributed by atoms with Gasteiger partial charge in [0.2, 0.25) is 0 Å². The van der Waals surface area contributed by atoms with E-state index in [1.54, 1.807) is 35.6 Å². The lowest BCUT2D eigenvalue weighted by molar-refractivity contribution is 0.0743. The number of piperazine rings is 1. The number of nitrogens with zero attached hydrogens (tertiary/aromatic N) is 4. The minimum atomic E-state index is -0.155. The van der Waals surface area contributed by atoms with E-state index in [9.17, 15) is 9.90 Å². The molecule has 2 heterocycles. The van der Waals surface area contributed by atoms with Crippen LogP contribution in [0.25, 0.3) is 0 Å². The summed E-state index contributed by atoms with van der Waals surface area (Å²) in [5, 5.41) is 9.87. The fourth-order valence-electron chi connectivity index (χ4n) is 2.44. The Kier molecular flexibility index (Phi) is 4.24. The molecule has 1 fully saturated rings. The first-order chi connectivity index (χ1) is 10.6. The highest BCUT2D eigenvalue weighted by Crippen LogP contribution is 2.24. The number of aromatic hydroxyl groups is 1. The predicted octanol–water partition coefficient (Wildman–Crippen LogP) is 1.91. The van der Waals surface area contributed by atoms with Crippen LogP contribution < -0.4 is 4.90 Å². The van der Waals surface area contributed by atoms with Crippen LogP contribution in [0, 0.1) is 0 Å². The molecule has 0 spiro atoms. The largest absolute Gasteiger partial charge is 0.507 e. The number of hydrogen-bond acceptors (Lipinski definition) is 5. The van der Waals surface area contributed by atoms with E-state index in [1.165, 1.54) is 6.07 Å². The summed E-state index contributed by atoms with van der Waals surface area (Å²) in [6, 6.07) is 4.87. The summed E-state index contributed by atoms with van der Waals surface area (Å²) in [6.07, 6.45) is 5.02. The van der Waals surface area contributed by atoms with Gasteiger partial charge in [0.25, 0.3) is 5.91 Å².